The van der Waals surface area contributed by atoms with Crippen molar-refractivity contribution in [2.24, 2.45) is 0 Å². The summed E-state index contributed by atoms with van der Waals surface area (Å²) in [6.07, 6.45) is 1.66. The largest absolute Gasteiger partial charge is 0.236 e. The Morgan fingerprint density at radius 1 is 1.27 bits per heavy atom. The molecule has 15 heavy (non-hydrogen) atoms. The molecule has 1 aromatic heterocycles. The number of hydrogen-bond donors (Lipinski definition) is 0. The number of aromatic nitrogens is 2. The first-order chi connectivity index (χ1) is 7.16. The standard InChI is InChI=1S/C11H8BrFN2/c1-7-6-8(13)2-3-9(7)11-14-5-4-10(12)15-11/h2-6H,1H3. The Hall–Kier alpha value is -1.29. The van der Waals surface area contributed by atoms with Crippen molar-refractivity contribution in [3.05, 3.63) is 46.4 Å². The van der Waals surface area contributed by atoms with Crippen molar-refractivity contribution in [2.75, 3.05) is 0 Å². The maximum atomic E-state index is 12.9. The molecule has 0 aliphatic carbocycles. The maximum Gasteiger partial charge on any atom is 0.160 e. The first-order valence-corrected chi connectivity index (χ1v) is 5.21. The topological polar surface area (TPSA) is 25.8 Å². The van der Waals surface area contributed by atoms with Gasteiger partial charge in [-0.25, -0.2) is 14.4 Å². The van der Waals surface area contributed by atoms with Crippen LogP contribution in [-0.4, -0.2) is 9.97 Å². The van der Waals surface area contributed by atoms with Gasteiger partial charge in [0.05, 0.1) is 0 Å². The van der Waals surface area contributed by atoms with Crippen molar-refractivity contribution in [1.29, 1.82) is 0 Å². The van der Waals surface area contributed by atoms with Crippen LogP contribution in [0, 0.1) is 12.7 Å². The van der Waals surface area contributed by atoms with Gasteiger partial charge >= 0.3 is 0 Å². The summed E-state index contributed by atoms with van der Waals surface area (Å²) in [7, 11) is 0. The van der Waals surface area contributed by atoms with Crippen LogP contribution in [0.25, 0.3) is 11.4 Å². The van der Waals surface area contributed by atoms with Gasteiger partial charge in [0.1, 0.15) is 10.4 Å². The first kappa shape index (κ1) is 10.2. The summed E-state index contributed by atoms with van der Waals surface area (Å²) in [4.78, 5) is 8.35. The Labute approximate surface area is 95.3 Å². The van der Waals surface area contributed by atoms with Gasteiger partial charge in [-0.15, -0.1) is 0 Å². The van der Waals surface area contributed by atoms with E-state index in [0.29, 0.717) is 5.82 Å². The van der Waals surface area contributed by atoms with Gasteiger partial charge in [-0.3, -0.25) is 0 Å². The van der Waals surface area contributed by atoms with Crippen LogP contribution in [0.1, 0.15) is 5.56 Å². The number of nitrogens with zero attached hydrogens (tertiary/aromatic N) is 2. The predicted molar refractivity (Wildman–Crippen MR) is 59.9 cm³/mol. The fourth-order valence-electron chi connectivity index (χ4n) is 1.34. The van der Waals surface area contributed by atoms with Crippen molar-refractivity contribution in [2.45, 2.75) is 6.92 Å². The highest BCUT2D eigenvalue weighted by Gasteiger charge is 2.05. The zero-order valence-electron chi connectivity index (χ0n) is 8.04. The highest BCUT2D eigenvalue weighted by molar-refractivity contribution is 9.10. The van der Waals surface area contributed by atoms with Gasteiger partial charge in [-0.05, 0) is 52.7 Å². The second-order valence-electron chi connectivity index (χ2n) is 3.16. The van der Waals surface area contributed by atoms with Crippen molar-refractivity contribution in [1.82, 2.24) is 9.97 Å². The van der Waals surface area contributed by atoms with Gasteiger partial charge in [-0.2, -0.15) is 0 Å². The summed E-state index contributed by atoms with van der Waals surface area (Å²) < 4.78 is 13.6. The second-order valence-corrected chi connectivity index (χ2v) is 3.97. The Balaban J connectivity index is 2.54. The van der Waals surface area contributed by atoms with E-state index in [9.17, 15) is 4.39 Å². The van der Waals surface area contributed by atoms with Gasteiger partial charge in [0.25, 0.3) is 0 Å². The molecule has 0 aliphatic rings. The van der Waals surface area contributed by atoms with E-state index in [0.717, 1.165) is 15.7 Å². The van der Waals surface area contributed by atoms with Crippen LogP contribution in [-0.2, 0) is 0 Å². The van der Waals surface area contributed by atoms with E-state index in [1.54, 1.807) is 18.3 Å². The molecular formula is C11H8BrFN2. The zero-order chi connectivity index (χ0) is 10.8. The Morgan fingerprint density at radius 3 is 2.73 bits per heavy atom. The minimum atomic E-state index is -0.244. The lowest BCUT2D eigenvalue weighted by molar-refractivity contribution is 0.627. The minimum Gasteiger partial charge on any atom is -0.236 e. The average molecular weight is 267 g/mol. The fourth-order valence-corrected chi connectivity index (χ4v) is 1.63. The normalized spacial score (nSPS) is 10.3. The van der Waals surface area contributed by atoms with Gasteiger partial charge in [0.2, 0.25) is 0 Å². The molecule has 0 atom stereocenters. The van der Waals surface area contributed by atoms with Crippen LogP contribution >= 0.6 is 15.9 Å². The summed E-state index contributed by atoms with van der Waals surface area (Å²) in [5, 5.41) is 0. The van der Waals surface area contributed by atoms with Crippen molar-refractivity contribution >= 4 is 15.9 Å². The third-order valence-electron chi connectivity index (χ3n) is 2.05. The monoisotopic (exact) mass is 266 g/mol. The van der Waals surface area contributed by atoms with E-state index in [-0.39, 0.29) is 5.82 Å². The maximum absolute atomic E-state index is 12.9. The van der Waals surface area contributed by atoms with Gasteiger partial charge < -0.3 is 0 Å². The third kappa shape index (κ3) is 2.21. The molecule has 0 aliphatic heterocycles. The number of hydrogen-bond acceptors (Lipinski definition) is 2. The van der Waals surface area contributed by atoms with Crippen molar-refractivity contribution < 1.29 is 4.39 Å². The molecule has 0 amide bonds. The summed E-state index contributed by atoms with van der Waals surface area (Å²) in [6.45, 7) is 1.84. The summed E-state index contributed by atoms with van der Waals surface area (Å²) in [5.41, 5.74) is 1.67. The Bertz CT molecular complexity index is 500. The van der Waals surface area contributed by atoms with Crippen molar-refractivity contribution in [3.8, 4) is 11.4 Å². The van der Waals surface area contributed by atoms with E-state index in [2.05, 4.69) is 25.9 Å². The Morgan fingerprint density at radius 2 is 2.07 bits per heavy atom. The molecule has 0 saturated heterocycles. The molecule has 76 valence electrons. The highest BCUT2D eigenvalue weighted by atomic mass is 79.9. The molecule has 2 nitrogen and oxygen atoms in total. The molecule has 2 aromatic rings. The number of benzene rings is 1. The molecule has 0 radical (unpaired) electrons. The minimum absolute atomic E-state index is 0.244. The molecule has 2 rings (SSSR count). The lowest BCUT2D eigenvalue weighted by Crippen LogP contribution is -1.91. The smallest absolute Gasteiger partial charge is 0.160 e. The molecule has 0 saturated carbocycles. The summed E-state index contributed by atoms with van der Waals surface area (Å²) >= 11 is 3.27. The number of rotatable bonds is 1. The summed E-state index contributed by atoms with van der Waals surface area (Å²) in [5.74, 6) is 0.355. The van der Waals surface area contributed by atoms with E-state index in [1.165, 1.54) is 12.1 Å². The SMILES string of the molecule is Cc1cc(F)ccc1-c1nccc(Br)n1. The number of aryl methyl sites for hydroxylation is 1. The highest BCUT2D eigenvalue weighted by Crippen LogP contribution is 2.21. The van der Waals surface area contributed by atoms with Crippen LogP contribution in [0.2, 0.25) is 0 Å². The quantitative estimate of drug-likeness (QED) is 0.740. The molecular weight excluding hydrogens is 259 g/mol. The number of halogens is 2. The lowest BCUT2D eigenvalue weighted by atomic mass is 10.1. The van der Waals surface area contributed by atoms with Crippen LogP contribution < -0.4 is 0 Å². The lowest BCUT2D eigenvalue weighted by Gasteiger charge is -2.04. The Kier molecular flexibility index (Phi) is 2.77. The van der Waals surface area contributed by atoms with E-state index in [4.69, 9.17) is 0 Å². The van der Waals surface area contributed by atoms with Crippen LogP contribution in [0.4, 0.5) is 4.39 Å². The molecule has 0 fully saturated rings. The second kappa shape index (κ2) is 4.06. The zero-order valence-corrected chi connectivity index (χ0v) is 9.62. The predicted octanol–water partition coefficient (Wildman–Crippen LogP) is 3.35. The molecule has 0 unspecified atom stereocenters. The van der Waals surface area contributed by atoms with Crippen LogP contribution in [0.3, 0.4) is 0 Å². The average Bonchev–Trinajstić information content (AvgIpc) is 2.17. The van der Waals surface area contributed by atoms with E-state index >= 15 is 0 Å². The van der Waals surface area contributed by atoms with E-state index < -0.39 is 0 Å². The molecule has 0 N–H and O–H groups in total. The van der Waals surface area contributed by atoms with Crippen LogP contribution in [0.5, 0.6) is 0 Å². The molecule has 0 spiro atoms. The van der Waals surface area contributed by atoms with Gasteiger partial charge in [0.15, 0.2) is 5.82 Å². The molecule has 1 aromatic carbocycles. The van der Waals surface area contributed by atoms with Crippen molar-refractivity contribution in [3.63, 3.8) is 0 Å². The van der Waals surface area contributed by atoms with E-state index in [1.807, 2.05) is 6.92 Å². The fraction of sp³-hybridized carbons (Fsp3) is 0.0909. The first-order valence-electron chi connectivity index (χ1n) is 4.42. The molecule has 1 heterocycles. The molecule has 4 heteroatoms. The van der Waals surface area contributed by atoms with Gasteiger partial charge in [-0.1, -0.05) is 0 Å². The van der Waals surface area contributed by atoms with Gasteiger partial charge in [0, 0.05) is 11.8 Å². The summed E-state index contributed by atoms with van der Waals surface area (Å²) in [6, 6.07) is 6.32. The molecule has 0 bridgehead atoms. The van der Waals surface area contributed by atoms with Crippen LogP contribution in [0.15, 0.2) is 35.1 Å². The third-order valence-corrected chi connectivity index (χ3v) is 2.49.